The molecule has 0 unspecified atom stereocenters. The zero-order valence-electron chi connectivity index (χ0n) is 19.1. The van der Waals surface area contributed by atoms with Crippen LogP contribution in [0.3, 0.4) is 0 Å². The summed E-state index contributed by atoms with van der Waals surface area (Å²) in [5, 5.41) is 0. The van der Waals surface area contributed by atoms with Crippen LogP contribution in [-0.4, -0.2) is 32.9 Å². The fourth-order valence-electron chi connectivity index (χ4n) is 3.24. The van der Waals surface area contributed by atoms with Gasteiger partial charge in [0.15, 0.2) is 0 Å². The highest BCUT2D eigenvalue weighted by atomic mass is 16.5. The average Bonchev–Trinajstić information content (AvgIpc) is 2.94. The fourth-order valence-corrected chi connectivity index (χ4v) is 3.24. The Morgan fingerprint density at radius 2 is 0.833 bits per heavy atom. The number of carbonyl (C=O) groups excluding carboxylic acids is 3. The van der Waals surface area contributed by atoms with Crippen molar-refractivity contribution in [2.75, 3.05) is 0 Å². The lowest BCUT2D eigenvalue weighted by atomic mass is 10.1. The van der Waals surface area contributed by atoms with Gasteiger partial charge in [0.25, 0.3) is 0 Å². The van der Waals surface area contributed by atoms with E-state index >= 15 is 0 Å². The van der Waals surface area contributed by atoms with Crippen LogP contribution in [0.25, 0.3) is 0 Å². The first-order chi connectivity index (χ1) is 17.6. The molecular weight excluding hydrogens is 462 g/mol. The topological polar surface area (TPSA) is 118 Å². The van der Waals surface area contributed by atoms with Crippen LogP contribution in [0.1, 0.15) is 47.8 Å². The molecule has 0 aliphatic heterocycles. The van der Waals surface area contributed by atoms with E-state index in [1.165, 1.54) is 18.6 Å². The van der Waals surface area contributed by atoms with Crippen LogP contribution in [0, 0.1) is 0 Å². The van der Waals surface area contributed by atoms with E-state index in [1.54, 1.807) is 73.2 Å². The molecule has 0 aliphatic rings. The number of rotatable bonds is 9. The first kappa shape index (κ1) is 24.2. The van der Waals surface area contributed by atoms with Crippen LogP contribution in [0.15, 0.2) is 91.8 Å². The predicted octanol–water partition coefficient (Wildman–Crippen LogP) is 3.94. The van der Waals surface area contributed by atoms with Gasteiger partial charge >= 0.3 is 17.9 Å². The van der Waals surface area contributed by atoms with Crippen molar-refractivity contribution in [2.24, 2.45) is 0 Å². The first-order valence-electron chi connectivity index (χ1n) is 10.9. The zero-order valence-corrected chi connectivity index (χ0v) is 19.1. The van der Waals surface area contributed by atoms with Crippen LogP contribution in [0.4, 0.5) is 0 Å². The number of ether oxygens (including phenoxy) is 3. The van der Waals surface area contributed by atoms with Crippen molar-refractivity contribution in [1.82, 2.24) is 15.0 Å². The van der Waals surface area contributed by atoms with Gasteiger partial charge in [0.1, 0.15) is 19.8 Å². The van der Waals surface area contributed by atoms with Gasteiger partial charge in [-0.2, -0.15) is 0 Å². The van der Waals surface area contributed by atoms with E-state index in [9.17, 15) is 14.4 Å². The molecule has 3 aromatic heterocycles. The number of hydrogen-bond acceptors (Lipinski definition) is 9. The van der Waals surface area contributed by atoms with E-state index in [0.717, 1.165) is 0 Å². The fraction of sp³-hybridized carbons (Fsp3) is 0.111. The summed E-state index contributed by atoms with van der Waals surface area (Å²) in [4.78, 5) is 48.7. The molecule has 4 rings (SSSR count). The number of carbonyl (C=O) groups is 3. The monoisotopic (exact) mass is 483 g/mol. The Labute approximate surface area is 206 Å². The summed E-state index contributed by atoms with van der Waals surface area (Å²) >= 11 is 0. The molecule has 4 aromatic rings. The van der Waals surface area contributed by atoms with Crippen LogP contribution in [0.2, 0.25) is 0 Å². The molecule has 0 aliphatic carbocycles. The van der Waals surface area contributed by atoms with Crippen molar-refractivity contribution in [2.45, 2.75) is 19.8 Å². The Kier molecular flexibility index (Phi) is 8.06. The maximum atomic E-state index is 12.3. The van der Waals surface area contributed by atoms with Crippen molar-refractivity contribution in [1.29, 1.82) is 0 Å². The number of aromatic nitrogens is 3. The highest BCUT2D eigenvalue weighted by Gasteiger charge is 2.13. The Morgan fingerprint density at radius 3 is 1.08 bits per heavy atom. The number of nitrogens with zero attached hydrogens (tertiary/aromatic N) is 3. The summed E-state index contributed by atoms with van der Waals surface area (Å²) in [7, 11) is 0. The third kappa shape index (κ3) is 6.80. The van der Waals surface area contributed by atoms with E-state index in [0.29, 0.717) is 33.4 Å². The zero-order chi connectivity index (χ0) is 25.2. The summed E-state index contributed by atoms with van der Waals surface area (Å²) in [5.41, 5.74) is 2.87. The lowest BCUT2D eigenvalue weighted by Crippen LogP contribution is -2.09. The lowest BCUT2D eigenvalue weighted by Gasteiger charge is -2.12. The molecule has 3 heterocycles. The van der Waals surface area contributed by atoms with E-state index in [1.807, 2.05) is 0 Å². The molecule has 0 fully saturated rings. The number of esters is 3. The van der Waals surface area contributed by atoms with Gasteiger partial charge in [-0.25, -0.2) is 14.4 Å². The van der Waals surface area contributed by atoms with Gasteiger partial charge in [0, 0.05) is 37.2 Å². The number of pyridine rings is 3. The number of hydrogen-bond donors (Lipinski definition) is 0. The van der Waals surface area contributed by atoms with Crippen molar-refractivity contribution in [3.8, 4) is 0 Å². The Morgan fingerprint density at radius 1 is 0.528 bits per heavy atom. The van der Waals surface area contributed by atoms with Gasteiger partial charge < -0.3 is 14.2 Å². The summed E-state index contributed by atoms with van der Waals surface area (Å²) in [6, 6.07) is 15.0. The highest BCUT2D eigenvalue weighted by molar-refractivity contribution is 5.89. The Hall–Kier alpha value is -4.92. The van der Waals surface area contributed by atoms with E-state index < -0.39 is 17.9 Å². The van der Waals surface area contributed by atoms with Gasteiger partial charge in [-0.05, 0) is 71.3 Å². The highest BCUT2D eigenvalue weighted by Crippen LogP contribution is 2.16. The SMILES string of the molecule is O=C(OCc1cc(COC(=O)c2cccnc2)cc(COC(=O)c2cccnc2)c1)c1cccnc1. The summed E-state index contributed by atoms with van der Waals surface area (Å²) in [5.74, 6) is -1.58. The molecule has 0 saturated heterocycles. The first-order valence-corrected chi connectivity index (χ1v) is 10.9. The maximum absolute atomic E-state index is 12.3. The van der Waals surface area contributed by atoms with Gasteiger partial charge in [0.05, 0.1) is 16.7 Å². The Bertz CT molecular complexity index is 1150. The van der Waals surface area contributed by atoms with Crippen molar-refractivity contribution in [3.05, 3.63) is 125 Å². The van der Waals surface area contributed by atoms with Crippen LogP contribution in [-0.2, 0) is 34.0 Å². The van der Waals surface area contributed by atoms with Crippen molar-refractivity contribution in [3.63, 3.8) is 0 Å². The quantitative estimate of drug-likeness (QED) is 0.258. The molecule has 0 radical (unpaired) electrons. The minimum Gasteiger partial charge on any atom is -0.457 e. The molecule has 36 heavy (non-hydrogen) atoms. The third-order valence-electron chi connectivity index (χ3n) is 4.91. The molecule has 0 atom stereocenters. The molecule has 1 aromatic carbocycles. The van der Waals surface area contributed by atoms with E-state index in [2.05, 4.69) is 15.0 Å². The van der Waals surface area contributed by atoms with Crippen LogP contribution in [0.5, 0.6) is 0 Å². The van der Waals surface area contributed by atoms with E-state index in [4.69, 9.17) is 14.2 Å². The summed E-state index contributed by atoms with van der Waals surface area (Å²) in [6.07, 6.45) is 8.93. The second kappa shape index (κ2) is 12.0. The molecule has 0 spiro atoms. The predicted molar refractivity (Wildman–Crippen MR) is 127 cm³/mol. The maximum Gasteiger partial charge on any atom is 0.340 e. The van der Waals surface area contributed by atoms with Crippen LogP contribution >= 0.6 is 0 Å². The normalized spacial score (nSPS) is 10.3. The molecule has 9 heteroatoms. The van der Waals surface area contributed by atoms with Crippen LogP contribution < -0.4 is 0 Å². The largest absolute Gasteiger partial charge is 0.457 e. The molecule has 180 valence electrons. The van der Waals surface area contributed by atoms with Gasteiger partial charge in [0.2, 0.25) is 0 Å². The standard InChI is InChI=1S/C27H21N3O6/c31-25(22-4-1-7-28-13-22)34-16-19-10-20(17-35-26(32)23-5-2-8-29-14-23)12-21(11-19)18-36-27(33)24-6-3-9-30-15-24/h1-15H,16-18H2. The number of benzene rings is 1. The summed E-state index contributed by atoms with van der Waals surface area (Å²) in [6.45, 7) is -0.120. The minimum atomic E-state index is -0.527. The van der Waals surface area contributed by atoms with E-state index in [-0.39, 0.29) is 19.8 Å². The molecule has 0 saturated carbocycles. The molecule has 0 amide bonds. The third-order valence-corrected chi connectivity index (χ3v) is 4.91. The molecular formula is C27H21N3O6. The Balaban J connectivity index is 1.47. The lowest BCUT2D eigenvalue weighted by molar-refractivity contribution is 0.0471. The summed E-state index contributed by atoms with van der Waals surface area (Å²) < 4.78 is 16.2. The molecule has 0 N–H and O–H groups in total. The second-order valence-corrected chi connectivity index (χ2v) is 7.61. The average molecular weight is 483 g/mol. The second-order valence-electron chi connectivity index (χ2n) is 7.61. The molecule has 9 nitrogen and oxygen atoms in total. The van der Waals surface area contributed by atoms with Gasteiger partial charge in [-0.3, -0.25) is 15.0 Å². The van der Waals surface area contributed by atoms with Crippen molar-refractivity contribution < 1.29 is 28.6 Å². The van der Waals surface area contributed by atoms with Gasteiger partial charge in [-0.1, -0.05) is 0 Å². The van der Waals surface area contributed by atoms with Crippen molar-refractivity contribution >= 4 is 17.9 Å². The molecule has 0 bridgehead atoms. The van der Waals surface area contributed by atoms with Gasteiger partial charge in [-0.15, -0.1) is 0 Å². The minimum absolute atomic E-state index is 0.0400. The smallest absolute Gasteiger partial charge is 0.340 e.